The van der Waals surface area contributed by atoms with E-state index in [1.165, 1.54) is 6.07 Å². The second-order valence-corrected chi connectivity index (χ2v) is 6.10. The number of ether oxygens (including phenoxy) is 1. The van der Waals surface area contributed by atoms with E-state index in [0.29, 0.717) is 4.70 Å². The highest BCUT2D eigenvalue weighted by Gasteiger charge is 2.31. The van der Waals surface area contributed by atoms with Crippen LogP contribution in [0.2, 0.25) is 0 Å². The number of thiophene rings is 1. The number of hydrogen-bond acceptors (Lipinski definition) is 3. The molecule has 7 heteroatoms. The van der Waals surface area contributed by atoms with Gasteiger partial charge in [0.05, 0.1) is 5.56 Å². The van der Waals surface area contributed by atoms with E-state index < -0.39 is 17.7 Å². The van der Waals surface area contributed by atoms with Crippen LogP contribution in [0.5, 0.6) is 5.75 Å². The van der Waals surface area contributed by atoms with Crippen molar-refractivity contribution in [3.8, 4) is 5.75 Å². The van der Waals surface area contributed by atoms with Gasteiger partial charge in [0.15, 0.2) is 10.6 Å². The van der Waals surface area contributed by atoms with Gasteiger partial charge >= 0.3 is 12.1 Å². The van der Waals surface area contributed by atoms with Crippen LogP contribution in [0, 0.1) is 0 Å². The van der Waals surface area contributed by atoms with Gasteiger partial charge in [0.2, 0.25) is 0 Å². The molecule has 0 aliphatic rings. The van der Waals surface area contributed by atoms with E-state index in [0.717, 1.165) is 29.0 Å². The van der Waals surface area contributed by atoms with Crippen LogP contribution in [-0.4, -0.2) is 11.1 Å². The highest BCUT2D eigenvalue weighted by atomic mass is 32.1. The second kappa shape index (κ2) is 6.16. The summed E-state index contributed by atoms with van der Waals surface area (Å²) in [5.74, 6) is -1.26. The second-order valence-electron chi connectivity index (χ2n) is 5.05. The molecule has 0 radical (unpaired) electrons. The van der Waals surface area contributed by atoms with Crippen molar-refractivity contribution in [3.05, 3.63) is 64.5 Å². The molecule has 0 fully saturated rings. The molecule has 2 aromatic carbocycles. The number of aromatic carboxylic acids is 1. The van der Waals surface area contributed by atoms with Crippen molar-refractivity contribution in [3.63, 3.8) is 0 Å². The normalized spacial score (nSPS) is 11.6. The maximum Gasteiger partial charge on any atom is 0.416 e. The van der Waals surface area contributed by atoms with Crippen molar-refractivity contribution >= 4 is 27.4 Å². The summed E-state index contributed by atoms with van der Waals surface area (Å²) >= 11 is 0.895. The van der Waals surface area contributed by atoms with Crippen LogP contribution in [0.25, 0.3) is 10.1 Å². The predicted octanol–water partition coefficient (Wildman–Crippen LogP) is 5.20. The number of alkyl halides is 3. The monoisotopic (exact) mass is 352 g/mol. The zero-order valence-corrected chi connectivity index (χ0v) is 12.9. The van der Waals surface area contributed by atoms with E-state index in [1.54, 1.807) is 24.3 Å². The van der Waals surface area contributed by atoms with Gasteiger partial charge in [-0.15, -0.1) is 11.3 Å². The Labute approximate surface area is 138 Å². The molecule has 24 heavy (non-hydrogen) atoms. The van der Waals surface area contributed by atoms with Crippen LogP contribution in [0.3, 0.4) is 0 Å². The van der Waals surface area contributed by atoms with Gasteiger partial charge < -0.3 is 9.84 Å². The summed E-state index contributed by atoms with van der Waals surface area (Å²) in [6.07, 6.45) is -4.50. The fourth-order valence-corrected chi connectivity index (χ4v) is 3.23. The van der Waals surface area contributed by atoms with Crippen molar-refractivity contribution in [2.24, 2.45) is 0 Å². The third kappa shape index (κ3) is 3.21. The molecule has 0 saturated heterocycles. The quantitative estimate of drug-likeness (QED) is 0.702. The van der Waals surface area contributed by atoms with E-state index in [1.807, 2.05) is 6.07 Å². The summed E-state index contributed by atoms with van der Waals surface area (Å²) in [5.41, 5.74) is -0.0468. The van der Waals surface area contributed by atoms with Gasteiger partial charge in [-0.1, -0.05) is 30.3 Å². The Balaban J connectivity index is 2.05. The predicted molar refractivity (Wildman–Crippen MR) is 84.6 cm³/mol. The molecular formula is C17H11F3O3S. The Morgan fingerprint density at radius 3 is 2.46 bits per heavy atom. The zero-order valence-electron chi connectivity index (χ0n) is 12.1. The Morgan fingerprint density at radius 2 is 1.83 bits per heavy atom. The van der Waals surface area contributed by atoms with Crippen LogP contribution in [0.4, 0.5) is 13.2 Å². The third-order valence-electron chi connectivity index (χ3n) is 3.39. The number of fused-ring (bicyclic) bond motifs is 1. The first-order valence-electron chi connectivity index (χ1n) is 6.90. The van der Waals surface area contributed by atoms with E-state index in [9.17, 15) is 23.1 Å². The molecule has 0 atom stereocenters. The smallest absolute Gasteiger partial charge is 0.416 e. The average Bonchev–Trinajstić information content (AvgIpc) is 2.91. The molecule has 0 spiro atoms. The molecule has 0 bridgehead atoms. The summed E-state index contributed by atoms with van der Waals surface area (Å²) in [7, 11) is 0. The first-order chi connectivity index (χ1) is 11.4. The van der Waals surface area contributed by atoms with Gasteiger partial charge in [0.25, 0.3) is 0 Å². The van der Waals surface area contributed by atoms with Gasteiger partial charge in [-0.3, -0.25) is 0 Å². The fourth-order valence-electron chi connectivity index (χ4n) is 2.27. The molecule has 1 aromatic heterocycles. The molecule has 1 N–H and O–H groups in total. The number of carbonyl (C=O) groups is 1. The Hall–Kier alpha value is -2.54. The summed E-state index contributed by atoms with van der Waals surface area (Å²) in [5, 5.41) is 9.46. The van der Waals surface area contributed by atoms with Crippen LogP contribution in [0.15, 0.2) is 48.5 Å². The molecular weight excluding hydrogens is 341 g/mol. The maximum absolute atomic E-state index is 12.9. The lowest BCUT2D eigenvalue weighted by atomic mass is 10.1. The van der Waals surface area contributed by atoms with E-state index in [4.69, 9.17) is 4.74 Å². The molecule has 0 amide bonds. The third-order valence-corrected chi connectivity index (χ3v) is 4.53. The molecule has 1 heterocycles. The van der Waals surface area contributed by atoms with E-state index >= 15 is 0 Å². The summed E-state index contributed by atoms with van der Waals surface area (Å²) in [4.78, 5) is 11.3. The first kappa shape index (κ1) is 16.3. The number of rotatable bonds is 4. The Bertz CT molecular complexity index is 885. The number of hydrogen-bond donors (Lipinski definition) is 1. The molecule has 0 unspecified atom stereocenters. The lowest BCUT2D eigenvalue weighted by molar-refractivity contribution is -0.137. The molecule has 0 saturated carbocycles. The standard InChI is InChI=1S/C17H11F3O3S/c18-17(19,20)11-6-7-13-12(8-11)14(15(24-13)16(21)22)23-9-10-4-2-1-3-5-10/h1-8H,9H2,(H,21,22). The lowest BCUT2D eigenvalue weighted by Crippen LogP contribution is -2.04. The molecule has 0 aliphatic carbocycles. The van der Waals surface area contributed by atoms with Crippen LogP contribution in [0.1, 0.15) is 20.8 Å². The van der Waals surface area contributed by atoms with Crippen molar-refractivity contribution in [1.82, 2.24) is 0 Å². The van der Waals surface area contributed by atoms with Crippen molar-refractivity contribution in [2.75, 3.05) is 0 Å². The summed E-state index contributed by atoms with van der Waals surface area (Å²) in [6.45, 7) is 0.0726. The molecule has 0 aliphatic heterocycles. The molecule has 3 nitrogen and oxygen atoms in total. The SMILES string of the molecule is O=C(O)c1sc2ccc(C(F)(F)F)cc2c1OCc1ccccc1. The van der Waals surface area contributed by atoms with Crippen LogP contribution < -0.4 is 4.74 Å². The van der Waals surface area contributed by atoms with Crippen molar-refractivity contribution in [2.45, 2.75) is 12.8 Å². The number of carboxylic acids is 1. The average molecular weight is 352 g/mol. The van der Waals surface area contributed by atoms with E-state index in [2.05, 4.69) is 0 Å². The highest BCUT2D eigenvalue weighted by Crippen LogP contribution is 2.41. The maximum atomic E-state index is 12.9. The van der Waals surface area contributed by atoms with Gasteiger partial charge in [-0.2, -0.15) is 13.2 Å². The van der Waals surface area contributed by atoms with Crippen molar-refractivity contribution < 1.29 is 27.8 Å². The van der Waals surface area contributed by atoms with Gasteiger partial charge in [0.1, 0.15) is 6.61 Å². The minimum Gasteiger partial charge on any atom is -0.486 e. The highest BCUT2D eigenvalue weighted by molar-refractivity contribution is 7.21. The Morgan fingerprint density at radius 1 is 1.12 bits per heavy atom. The van der Waals surface area contributed by atoms with Crippen molar-refractivity contribution in [1.29, 1.82) is 0 Å². The lowest BCUT2D eigenvalue weighted by Gasteiger charge is -2.09. The summed E-state index contributed by atoms with van der Waals surface area (Å²) < 4.78 is 44.7. The topological polar surface area (TPSA) is 46.5 Å². The minimum absolute atomic E-state index is 0.0301. The largest absolute Gasteiger partial charge is 0.486 e. The molecule has 3 aromatic rings. The van der Waals surface area contributed by atoms with Gasteiger partial charge in [-0.25, -0.2) is 4.79 Å². The summed E-state index contributed by atoms with van der Waals surface area (Å²) in [6, 6.07) is 12.1. The number of halogens is 3. The van der Waals surface area contributed by atoms with Gasteiger partial charge in [-0.05, 0) is 23.8 Å². The Kier molecular flexibility index (Phi) is 4.19. The zero-order chi connectivity index (χ0) is 17.3. The van der Waals surface area contributed by atoms with Gasteiger partial charge in [0, 0.05) is 10.1 Å². The minimum atomic E-state index is -4.50. The number of benzene rings is 2. The van der Waals surface area contributed by atoms with Crippen LogP contribution >= 0.6 is 11.3 Å². The fraction of sp³-hybridized carbons (Fsp3) is 0.118. The number of carboxylic acid groups (broad SMARTS) is 1. The molecule has 124 valence electrons. The van der Waals surface area contributed by atoms with E-state index in [-0.39, 0.29) is 22.6 Å². The first-order valence-corrected chi connectivity index (χ1v) is 7.71. The molecule has 3 rings (SSSR count). The van der Waals surface area contributed by atoms with Crippen LogP contribution in [-0.2, 0) is 12.8 Å².